The first kappa shape index (κ1) is 18.7. The molecule has 1 amide bonds. The van der Waals surface area contributed by atoms with Crippen LogP contribution in [0.15, 0.2) is 33.6 Å². The molecule has 0 saturated heterocycles. The minimum Gasteiger partial charge on any atom is -0.464 e. The second-order valence-electron chi connectivity index (χ2n) is 7.26. The van der Waals surface area contributed by atoms with E-state index in [1.807, 2.05) is 12.1 Å². The summed E-state index contributed by atoms with van der Waals surface area (Å²) < 4.78 is 29.3. The van der Waals surface area contributed by atoms with Gasteiger partial charge in [0.15, 0.2) is 0 Å². The first-order valence-electron chi connectivity index (χ1n) is 8.56. The Morgan fingerprint density at radius 2 is 1.92 bits per heavy atom. The van der Waals surface area contributed by atoms with Crippen LogP contribution in [-0.4, -0.2) is 26.3 Å². The number of hydrogen-bond acceptors (Lipinski definition) is 4. The lowest BCUT2D eigenvalue weighted by molar-refractivity contribution is 0.0774. The number of furan rings is 1. The highest BCUT2D eigenvalue weighted by Crippen LogP contribution is 2.47. The molecule has 7 heteroatoms. The number of carbonyl (C=O) groups excluding carboxylic acids is 1. The summed E-state index contributed by atoms with van der Waals surface area (Å²) in [4.78, 5) is 14.3. The van der Waals surface area contributed by atoms with Gasteiger partial charge in [-0.15, -0.1) is 0 Å². The standard InChI is InChI=1S/C19H24N2O4S/c1-11-7-13(3)18(26(20,23)24)9-16(11)19(22)21(4)10-14-5-6-17(25-14)15-8-12(15)2/h5-7,9,12,15H,8,10H2,1-4H3,(H2,20,23,24). The average molecular weight is 376 g/mol. The molecule has 3 rings (SSSR count). The Balaban J connectivity index is 1.81. The molecule has 1 heterocycles. The molecule has 1 aliphatic carbocycles. The molecule has 0 bridgehead atoms. The van der Waals surface area contributed by atoms with E-state index in [-0.39, 0.29) is 10.8 Å². The SMILES string of the molecule is Cc1cc(C)c(S(N)(=O)=O)cc1C(=O)N(C)Cc1ccc(C2CC2C)o1. The molecule has 1 aromatic heterocycles. The van der Waals surface area contributed by atoms with Crippen molar-refractivity contribution in [2.24, 2.45) is 11.1 Å². The third-order valence-electron chi connectivity index (χ3n) is 4.96. The number of carbonyl (C=O) groups is 1. The van der Waals surface area contributed by atoms with Gasteiger partial charge in [0, 0.05) is 18.5 Å². The van der Waals surface area contributed by atoms with Crippen molar-refractivity contribution in [3.8, 4) is 0 Å². The Morgan fingerprint density at radius 1 is 1.27 bits per heavy atom. The third kappa shape index (κ3) is 3.68. The zero-order valence-electron chi connectivity index (χ0n) is 15.4. The largest absolute Gasteiger partial charge is 0.464 e. The molecule has 1 aliphatic rings. The number of hydrogen-bond donors (Lipinski definition) is 1. The number of benzene rings is 1. The van der Waals surface area contributed by atoms with Crippen LogP contribution >= 0.6 is 0 Å². The summed E-state index contributed by atoms with van der Waals surface area (Å²) in [5.41, 5.74) is 1.56. The summed E-state index contributed by atoms with van der Waals surface area (Å²) in [7, 11) is -2.22. The number of rotatable bonds is 5. The molecule has 1 fully saturated rings. The van der Waals surface area contributed by atoms with Gasteiger partial charge in [-0.05, 0) is 55.5 Å². The van der Waals surface area contributed by atoms with Gasteiger partial charge in [0.2, 0.25) is 10.0 Å². The number of amides is 1. The molecule has 2 N–H and O–H groups in total. The number of sulfonamides is 1. The molecule has 2 atom stereocenters. The lowest BCUT2D eigenvalue weighted by Gasteiger charge is -2.18. The summed E-state index contributed by atoms with van der Waals surface area (Å²) >= 11 is 0. The predicted molar refractivity (Wildman–Crippen MR) is 98.3 cm³/mol. The van der Waals surface area contributed by atoms with Gasteiger partial charge in [-0.25, -0.2) is 13.6 Å². The highest BCUT2D eigenvalue weighted by molar-refractivity contribution is 7.89. The van der Waals surface area contributed by atoms with E-state index in [2.05, 4.69) is 6.92 Å². The van der Waals surface area contributed by atoms with Gasteiger partial charge in [0.1, 0.15) is 11.5 Å². The summed E-state index contributed by atoms with van der Waals surface area (Å²) in [6.07, 6.45) is 1.14. The lowest BCUT2D eigenvalue weighted by Crippen LogP contribution is -2.27. The van der Waals surface area contributed by atoms with Crippen molar-refractivity contribution in [2.45, 2.75) is 44.6 Å². The maximum Gasteiger partial charge on any atom is 0.254 e. The maximum absolute atomic E-state index is 12.8. The topological polar surface area (TPSA) is 93.6 Å². The second kappa shape index (κ2) is 6.55. The van der Waals surface area contributed by atoms with E-state index < -0.39 is 10.0 Å². The summed E-state index contributed by atoms with van der Waals surface area (Å²) in [5.74, 6) is 2.55. The first-order chi connectivity index (χ1) is 12.1. The Morgan fingerprint density at radius 3 is 2.50 bits per heavy atom. The minimum atomic E-state index is -3.88. The normalized spacial score (nSPS) is 19.4. The molecule has 6 nitrogen and oxygen atoms in total. The summed E-state index contributed by atoms with van der Waals surface area (Å²) in [5, 5.41) is 5.26. The van der Waals surface area contributed by atoms with E-state index in [1.165, 1.54) is 11.0 Å². The molecular formula is C19H24N2O4S. The molecule has 0 aliphatic heterocycles. The van der Waals surface area contributed by atoms with E-state index in [9.17, 15) is 13.2 Å². The molecular weight excluding hydrogens is 352 g/mol. The monoisotopic (exact) mass is 376 g/mol. The Bertz CT molecular complexity index is 962. The van der Waals surface area contributed by atoms with E-state index in [0.29, 0.717) is 40.8 Å². The van der Waals surface area contributed by atoms with Crippen LogP contribution in [0.2, 0.25) is 0 Å². The average Bonchev–Trinajstić information content (AvgIpc) is 3.07. The fourth-order valence-electron chi connectivity index (χ4n) is 3.28. The van der Waals surface area contributed by atoms with Crippen LogP contribution in [0, 0.1) is 19.8 Å². The Hall–Kier alpha value is -2.12. The van der Waals surface area contributed by atoms with Crippen molar-refractivity contribution in [1.82, 2.24) is 4.90 Å². The van der Waals surface area contributed by atoms with E-state index in [1.54, 1.807) is 27.0 Å². The number of aryl methyl sites for hydroxylation is 2. The predicted octanol–water partition coefficient (Wildman–Crippen LogP) is 2.94. The fourth-order valence-corrected chi connectivity index (χ4v) is 4.07. The third-order valence-corrected chi connectivity index (χ3v) is 6.01. The minimum absolute atomic E-state index is 0.0251. The van der Waals surface area contributed by atoms with Crippen molar-refractivity contribution in [1.29, 1.82) is 0 Å². The number of primary sulfonamides is 1. The molecule has 1 aromatic carbocycles. The van der Waals surface area contributed by atoms with Gasteiger partial charge >= 0.3 is 0 Å². The quantitative estimate of drug-likeness (QED) is 0.868. The number of nitrogens with zero attached hydrogens (tertiary/aromatic N) is 1. The van der Waals surface area contributed by atoms with Crippen molar-refractivity contribution in [3.05, 3.63) is 52.5 Å². The molecule has 1 saturated carbocycles. The van der Waals surface area contributed by atoms with Crippen LogP contribution in [0.5, 0.6) is 0 Å². The highest BCUT2D eigenvalue weighted by Gasteiger charge is 2.36. The van der Waals surface area contributed by atoms with Crippen LogP contribution < -0.4 is 5.14 Å². The molecule has 140 valence electrons. The molecule has 2 unspecified atom stereocenters. The highest BCUT2D eigenvalue weighted by atomic mass is 32.2. The molecule has 0 spiro atoms. The Labute approximate surface area is 154 Å². The lowest BCUT2D eigenvalue weighted by atomic mass is 10.0. The zero-order valence-corrected chi connectivity index (χ0v) is 16.3. The first-order valence-corrected chi connectivity index (χ1v) is 10.1. The van der Waals surface area contributed by atoms with Gasteiger partial charge in [0.05, 0.1) is 11.4 Å². The zero-order chi connectivity index (χ0) is 19.2. The van der Waals surface area contributed by atoms with Crippen LogP contribution in [0.4, 0.5) is 0 Å². The van der Waals surface area contributed by atoms with Crippen LogP contribution in [0.25, 0.3) is 0 Å². The molecule has 2 aromatic rings. The Kier molecular flexibility index (Phi) is 4.71. The van der Waals surface area contributed by atoms with Gasteiger partial charge < -0.3 is 9.32 Å². The fraction of sp³-hybridized carbons (Fsp3) is 0.421. The maximum atomic E-state index is 12.8. The summed E-state index contributed by atoms with van der Waals surface area (Å²) in [6, 6.07) is 6.89. The van der Waals surface area contributed by atoms with Gasteiger partial charge in [-0.2, -0.15) is 0 Å². The van der Waals surface area contributed by atoms with Crippen molar-refractivity contribution in [2.75, 3.05) is 7.05 Å². The molecule has 0 radical (unpaired) electrons. The van der Waals surface area contributed by atoms with Crippen molar-refractivity contribution < 1.29 is 17.6 Å². The van der Waals surface area contributed by atoms with Gasteiger partial charge in [-0.1, -0.05) is 13.0 Å². The van der Waals surface area contributed by atoms with Crippen LogP contribution in [-0.2, 0) is 16.6 Å². The molecule has 26 heavy (non-hydrogen) atoms. The van der Waals surface area contributed by atoms with Gasteiger partial charge in [0.25, 0.3) is 5.91 Å². The van der Waals surface area contributed by atoms with E-state index >= 15 is 0 Å². The van der Waals surface area contributed by atoms with Crippen LogP contribution in [0.1, 0.15) is 52.3 Å². The van der Waals surface area contributed by atoms with Crippen LogP contribution in [0.3, 0.4) is 0 Å². The second-order valence-corrected chi connectivity index (χ2v) is 8.79. The van der Waals surface area contributed by atoms with Crippen molar-refractivity contribution >= 4 is 15.9 Å². The van der Waals surface area contributed by atoms with Gasteiger partial charge in [-0.3, -0.25) is 4.79 Å². The smallest absolute Gasteiger partial charge is 0.254 e. The van der Waals surface area contributed by atoms with E-state index in [4.69, 9.17) is 9.56 Å². The van der Waals surface area contributed by atoms with Crippen molar-refractivity contribution in [3.63, 3.8) is 0 Å². The summed E-state index contributed by atoms with van der Waals surface area (Å²) in [6.45, 7) is 5.94. The number of nitrogens with two attached hydrogens (primary N) is 1. The van der Waals surface area contributed by atoms with E-state index in [0.717, 1.165) is 12.2 Å².